The average molecular weight is 508 g/mol. The van der Waals surface area contributed by atoms with Crippen molar-refractivity contribution in [3.8, 4) is 11.8 Å². The molecule has 1 N–H and O–H groups in total. The molecule has 1 unspecified atom stereocenters. The lowest BCUT2D eigenvalue weighted by molar-refractivity contribution is 0.0196. The van der Waals surface area contributed by atoms with E-state index in [-0.39, 0.29) is 15.3 Å². The molecule has 0 aromatic heterocycles. The van der Waals surface area contributed by atoms with Crippen molar-refractivity contribution in [2.24, 2.45) is 0 Å². The molecule has 1 aliphatic carbocycles. The maximum absolute atomic E-state index is 10.9. The van der Waals surface area contributed by atoms with E-state index in [4.69, 9.17) is 9.84 Å². The summed E-state index contributed by atoms with van der Waals surface area (Å²) in [5.74, 6) is 5.35. The third-order valence-corrected chi connectivity index (χ3v) is 6.27. The molecule has 0 amide bonds. The SMILES string of the molecule is Cc1cc(C#Cc2ccc(C(=O)O)cc2)ccc1C1(OC(I)c2ccccc2)CC1. The van der Waals surface area contributed by atoms with E-state index < -0.39 is 5.97 Å². The second-order valence-corrected chi connectivity index (χ2v) is 8.63. The molecule has 3 aromatic carbocycles. The number of hydrogen-bond acceptors (Lipinski definition) is 2. The molecule has 1 aliphatic rings. The van der Waals surface area contributed by atoms with Crippen LogP contribution in [-0.2, 0) is 10.3 Å². The summed E-state index contributed by atoms with van der Waals surface area (Å²) in [4.78, 5) is 10.9. The van der Waals surface area contributed by atoms with Gasteiger partial charge in [-0.25, -0.2) is 4.79 Å². The van der Waals surface area contributed by atoms with Crippen LogP contribution in [0.5, 0.6) is 0 Å². The van der Waals surface area contributed by atoms with Crippen molar-refractivity contribution in [1.29, 1.82) is 0 Å². The number of halogens is 1. The van der Waals surface area contributed by atoms with Crippen LogP contribution < -0.4 is 0 Å². The van der Waals surface area contributed by atoms with Gasteiger partial charge in [-0.2, -0.15) is 0 Å². The van der Waals surface area contributed by atoms with Crippen molar-refractivity contribution in [1.82, 2.24) is 0 Å². The lowest BCUT2D eigenvalue weighted by Gasteiger charge is -2.23. The van der Waals surface area contributed by atoms with Gasteiger partial charge in [-0.05, 0) is 95.4 Å². The highest BCUT2D eigenvalue weighted by Crippen LogP contribution is 2.53. The van der Waals surface area contributed by atoms with Crippen molar-refractivity contribution >= 4 is 28.6 Å². The van der Waals surface area contributed by atoms with E-state index in [1.807, 2.05) is 24.3 Å². The van der Waals surface area contributed by atoms with Crippen LogP contribution in [0.3, 0.4) is 0 Å². The molecule has 150 valence electrons. The van der Waals surface area contributed by atoms with Gasteiger partial charge < -0.3 is 9.84 Å². The highest BCUT2D eigenvalue weighted by Gasteiger charge is 2.48. The first-order valence-electron chi connectivity index (χ1n) is 9.80. The van der Waals surface area contributed by atoms with Gasteiger partial charge in [0.05, 0.1) is 11.2 Å². The molecule has 0 spiro atoms. The quantitative estimate of drug-likeness (QED) is 0.253. The van der Waals surface area contributed by atoms with Crippen LogP contribution in [0, 0.1) is 18.8 Å². The highest BCUT2D eigenvalue weighted by atomic mass is 127. The minimum absolute atomic E-state index is 0.0129. The summed E-state index contributed by atoms with van der Waals surface area (Å²) in [6.45, 7) is 2.11. The fourth-order valence-corrected chi connectivity index (χ4v) is 4.43. The van der Waals surface area contributed by atoms with Crippen LogP contribution >= 0.6 is 22.6 Å². The Hall–Kier alpha value is -2.62. The molecule has 1 fully saturated rings. The first kappa shape index (κ1) is 20.6. The second kappa shape index (κ2) is 8.63. The molecule has 3 nitrogen and oxygen atoms in total. The van der Waals surface area contributed by atoms with E-state index in [2.05, 4.69) is 65.6 Å². The summed E-state index contributed by atoms with van der Waals surface area (Å²) in [5.41, 5.74) is 5.37. The summed E-state index contributed by atoms with van der Waals surface area (Å²) in [6, 6.07) is 23.2. The summed E-state index contributed by atoms with van der Waals surface area (Å²) in [5, 5.41) is 8.98. The maximum atomic E-state index is 10.9. The number of alkyl halides is 1. The molecular formula is C26H21IO3. The van der Waals surface area contributed by atoms with Gasteiger partial charge in [-0.3, -0.25) is 0 Å². The van der Waals surface area contributed by atoms with E-state index in [0.29, 0.717) is 0 Å². The van der Waals surface area contributed by atoms with E-state index in [1.54, 1.807) is 24.3 Å². The number of ether oxygens (including phenoxy) is 1. The van der Waals surface area contributed by atoms with Crippen LogP contribution in [0.4, 0.5) is 0 Å². The predicted molar refractivity (Wildman–Crippen MR) is 126 cm³/mol. The van der Waals surface area contributed by atoms with Crippen LogP contribution in [0.2, 0.25) is 0 Å². The Balaban J connectivity index is 1.50. The van der Waals surface area contributed by atoms with Gasteiger partial charge >= 0.3 is 5.97 Å². The normalized spacial score (nSPS) is 15.0. The molecule has 0 heterocycles. The molecule has 0 aliphatic heterocycles. The first-order chi connectivity index (χ1) is 14.5. The van der Waals surface area contributed by atoms with E-state index in [9.17, 15) is 4.79 Å². The molecule has 30 heavy (non-hydrogen) atoms. The smallest absolute Gasteiger partial charge is 0.335 e. The Morgan fingerprint density at radius 3 is 2.23 bits per heavy atom. The summed E-state index contributed by atoms with van der Waals surface area (Å²) < 4.78 is 6.52. The van der Waals surface area contributed by atoms with Crippen LogP contribution in [0.1, 0.15) is 55.1 Å². The number of hydrogen-bond donors (Lipinski definition) is 1. The molecule has 0 radical (unpaired) electrons. The zero-order valence-electron chi connectivity index (χ0n) is 16.6. The van der Waals surface area contributed by atoms with Crippen molar-refractivity contribution in [3.05, 3.63) is 106 Å². The summed E-state index contributed by atoms with van der Waals surface area (Å²) in [6.07, 6.45) is 2.06. The minimum Gasteiger partial charge on any atom is -0.478 e. The van der Waals surface area contributed by atoms with E-state index in [1.165, 1.54) is 16.7 Å². The van der Waals surface area contributed by atoms with Crippen LogP contribution in [0.25, 0.3) is 0 Å². The molecule has 4 rings (SSSR count). The molecule has 1 atom stereocenters. The Kier molecular flexibility index (Phi) is 5.94. The number of carboxylic acid groups (broad SMARTS) is 1. The number of carbonyl (C=O) groups is 1. The van der Waals surface area contributed by atoms with Crippen molar-refractivity contribution in [3.63, 3.8) is 0 Å². The first-order valence-corrected chi connectivity index (χ1v) is 11.0. The van der Waals surface area contributed by atoms with Gasteiger partial charge in [-0.1, -0.05) is 48.2 Å². The Morgan fingerprint density at radius 1 is 1.00 bits per heavy atom. The molecule has 3 aromatic rings. The van der Waals surface area contributed by atoms with Gasteiger partial charge in [-0.15, -0.1) is 0 Å². The van der Waals surface area contributed by atoms with Crippen LogP contribution in [-0.4, -0.2) is 11.1 Å². The maximum Gasteiger partial charge on any atom is 0.335 e. The fraction of sp³-hybridized carbons (Fsp3) is 0.192. The van der Waals surface area contributed by atoms with Gasteiger partial charge in [0.15, 0.2) is 0 Å². The van der Waals surface area contributed by atoms with Gasteiger partial charge in [0.25, 0.3) is 0 Å². The highest BCUT2D eigenvalue weighted by molar-refractivity contribution is 14.1. The number of aromatic carboxylic acids is 1. The van der Waals surface area contributed by atoms with Crippen molar-refractivity contribution in [2.75, 3.05) is 0 Å². The van der Waals surface area contributed by atoms with E-state index >= 15 is 0 Å². The van der Waals surface area contributed by atoms with Gasteiger partial charge in [0.2, 0.25) is 0 Å². The Bertz CT molecular complexity index is 1120. The standard InChI is InChI=1S/C26H21IO3/c1-18-17-20(8-7-19-9-12-22(13-10-19)25(28)29)11-14-23(18)26(15-16-26)30-24(27)21-5-3-2-4-6-21/h2-6,9-14,17,24H,15-16H2,1H3,(H,28,29). The number of aryl methyl sites for hydroxylation is 1. The third kappa shape index (κ3) is 4.58. The lowest BCUT2D eigenvalue weighted by Crippen LogP contribution is -2.15. The van der Waals surface area contributed by atoms with Gasteiger partial charge in [0, 0.05) is 11.1 Å². The topological polar surface area (TPSA) is 46.5 Å². The van der Waals surface area contributed by atoms with Crippen molar-refractivity contribution in [2.45, 2.75) is 29.5 Å². The zero-order valence-corrected chi connectivity index (χ0v) is 18.7. The largest absolute Gasteiger partial charge is 0.478 e. The average Bonchev–Trinajstić information content (AvgIpc) is 3.53. The van der Waals surface area contributed by atoms with Gasteiger partial charge in [0.1, 0.15) is 4.11 Å². The lowest BCUT2D eigenvalue weighted by atomic mass is 9.99. The molecule has 4 heteroatoms. The zero-order chi connectivity index (χ0) is 21.1. The number of benzene rings is 3. The number of rotatable bonds is 5. The monoisotopic (exact) mass is 508 g/mol. The second-order valence-electron chi connectivity index (χ2n) is 7.50. The molecule has 0 saturated heterocycles. The third-order valence-electron chi connectivity index (χ3n) is 5.30. The molecule has 1 saturated carbocycles. The number of carboxylic acids is 1. The Morgan fingerprint density at radius 2 is 1.63 bits per heavy atom. The Labute approximate surface area is 190 Å². The predicted octanol–water partition coefficient (Wildman–Crippen LogP) is 6.23. The fourth-order valence-electron chi connectivity index (χ4n) is 3.53. The summed E-state index contributed by atoms with van der Waals surface area (Å²) in [7, 11) is 0. The molecular weight excluding hydrogens is 487 g/mol. The van der Waals surface area contributed by atoms with Crippen molar-refractivity contribution < 1.29 is 14.6 Å². The van der Waals surface area contributed by atoms with E-state index in [0.717, 1.165) is 24.0 Å². The summed E-state index contributed by atoms with van der Waals surface area (Å²) >= 11 is 2.36. The van der Waals surface area contributed by atoms with Crippen LogP contribution in [0.15, 0.2) is 72.8 Å². The minimum atomic E-state index is -0.932. The molecule has 0 bridgehead atoms.